The van der Waals surface area contributed by atoms with Gasteiger partial charge in [-0.15, -0.1) is 0 Å². The number of rotatable bonds is 56. The normalized spacial score (nSPS) is 14.4. The van der Waals surface area contributed by atoms with Crippen LogP contribution in [0.1, 0.15) is 149 Å². The number of thioether (sulfide) groups is 1. The zero-order valence-corrected chi connectivity index (χ0v) is 69.1. The number of phenols is 2. The molecule has 0 aliphatic heterocycles. The van der Waals surface area contributed by atoms with E-state index in [0.29, 0.717) is 29.5 Å². The van der Waals surface area contributed by atoms with Gasteiger partial charge in [0.15, 0.2) is 0 Å². The number of carbonyl (C=O) groups excluding carboxylic acids is 15. The molecule has 15 amide bonds. The molecule has 658 valence electrons. The summed E-state index contributed by atoms with van der Waals surface area (Å²) in [5.41, 5.74) is 24.0. The zero-order valence-electron chi connectivity index (χ0n) is 68.3. The van der Waals surface area contributed by atoms with Crippen LogP contribution in [0.15, 0.2) is 78.9 Å². The summed E-state index contributed by atoms with van der Waals surface area (Å²) >= 11 is 1.26. The second-order valence-electron chi connectivity index (χ2n) is 29.7. The summed E-state index contributed by atoms with van der Waals surface area (Å²) in [5.74, 6) is -19.3. The van der Waals surface area contributed by atoms with Gasteiger partial charge in [0.05, 0.1) is 6.61 Å². The molecular formula is C79H119N17O22S. The molecule has 0 aliphatic carbocycles. The summed E-state index contributed by atoms with van der Waals surface area (Å²) in [6.07, 6.45) is -1.43. The number of primary amides is 2. The average molecular weight is 1690 g/mol. The summed E-state index contributed by atoms with van der Waals surface area (Å²) in [4.78, 5) is 233. The number of nitrogens with two attached hydrogens (primary N) is 4. The number of aromatic hydroxyl groups is 2. The van der Waals surface area contributed by atoms with Crippen molar-refractivity contribution in [2.45, 2.75) is 230 Å². The number of benzene rings is 3. The predicted octanol–water partition coefficient (Wildman–Crippen LogP) is -3.10. The van der Waals surface area contributed by atoms with Crippen molar-refractivity contribution in [2.75, 3.05) is 31.7 Å². The first-order valence-corrected chi connectivity index (χ1v) is 40.6. The molecule has 119 heavy (non-hydrogen) atoms. The lowest BCUT2D eigenvalue weighted by molar-refractivity contribution is -0.139. The maximum atomic E-state index is 14.9. The Labute approximate surface area is 694 Å². The van der Waals surface area contributed by atoms with E-state index in [1.807, 2.05) is 0 Å². The first kappa shape index (κ1) is 102. The minimum atomic E-state index is -1.77. The smallest absolute Gasteiger partial charge is 0.303 e. The third-order valence-electron chi connectivity index (χ3n) is 18.9. The number of hydrogen-bond donors (Lipinski definition) is 22. The van der Waals surface area contributed by atoms with Crippen molar-refractivity contribution in [2.24, 2.45) is 40.7 Å². The molecule has 0 bridgehead atoms. The molecule has 39 nitrogen and oxygen atoms in total. The summed E-state index contributed by atoms with van der Waals surface area (Å²) in [6, 6.07) is -0.575. The monoisotopic (exact) mass is 1690 g/mol. The molecule has 0 fully saturated rings. The molecule has 0 radical (unpaired) electrons. The lowest BCUT2D eigenvalue weighted by atomic mass is 9.98. The summed E-state index contributed by atoms with van der Waals surface area (Å²) in [6.45, 7) is 9.82. The van der Waals surface area contributed by atoms with Crippen LogP contribution >= 0.6 is 11.8 Å². The highest BCUT2D eigenvalue weighted by atomic mass is 32.2. The maximum Gasteiger partial charge on any atom is 0.303 e. The van der Waals surface area contributed by atoms with E-state index in [-0.39, 0.29) is 88.1 Å². The van der Waals surface area contributed by atoms with Crippen molar-refractivity contribution in [1.82, 2.24) is 69.1 Å². The number of aliphatic hydroxyl groups excluding tert-OH is 1. The van der Waals surface area contributed by atoms with Gasteiger partial charge in [-0.2, -0.15) is 11.8 Å². The van der Waals surface area contributed by atoms with Crippen LogP contribution in [0, 0.1) is 17.8 Å². The molecule has 26 N–H and O–H groups in total. The molecule has 3 rings (SSSR count). The highest BCUT2D eigenvalue weighted by Crippen LogP contribution is 2.18. The van der Waals surface area contributed by atoms with Gasteiger partial charge in [-0.25, -0.2) is 0 Å². The van der Waals surface area contributed by atoms with Crippen LogP contribution < -0.4 is 92.1 Å². The van der Waals surface area contributed by atoms with E-state index in [2.05, 4.69) is 69.1 Å². The second-order valence-corrected chi connectivity index (χ2v) is 30.7. The fourth-order valence-electron chi connectivity index (χ4n) is 12.1. The Morgan fingerprint density at radius 2 is 0.630 bits per heavy atom. The average Bonchev–Trinajstić information content (AvgIpc) is 0.846. The highest BCUT2D eigenvalue weighted by Gasteiger charge is 2.39. The first-order valence-electron chi connectivity index (χ1n) is 39.2. The molecular weight excluding hydrogens is 1570 g/mol. The van der Waals surface area contributed by atoms with Crippen LogP contribution in [0.25, 0.3) is 0 Å². The molecule has 0 heterocycles. The Bertz CT molecular complexity index is 3900. The van der Waals surface area contributed by atoms with E-state index in [4.69, 9.17) is 22.9 Å². The Morgan fingerprint density at radius 1 is 0.345 bits per heavy atom. The second kappa shape index (κ2) is 53.0. The lowest BCUT2D eigenvalue weighted by Gasteiger charge is -2.30. The third-order valence-corrected chi connectivity index (χ3v) is 19.5. The lowest BCUT2D eigenvalue weighted by Crippen LogP contribution is -2.62. The van der Waals surface area contributed by atoms with Gasteiger partial charge in [0.25, 0.3) is 0 Å². The standard InChI is InChI=1S/C79H119N17O22S/c1-42(2)64(78(117)92-59(40-48-22-26-50(100)27-23-48)75(114)87-54(28-31-61(82)101)70(109)85-51(18-12-14-35-80)69(108)93-60(41-97)76(115)90-57(67(83)106)38-47-20-24-49(99)25-21-47)94-73(112)55(30-33-63(104)105)86-71(110)56(34-37-119-8)88-74(113)58(39-46-16-10-9-11-17-46)91-68(107)52(19-13-15-36-81)89-77(116)65(43(3)4)96-79(118)66(44(5)6)95-72(111)53(84-45(7)98)29-32-62(102)103/h9-11,16-17,20-27,42-44,51-60,64-66,97,99-100H,12-15,18-19,28-41,80-81H2,1-8H3,(H2,82,101)(H2,83,106)(H,84,98)(H,85,109)(H,86,110)(H,87,114)(H,88,113)(H,89,116)(H,90,115)(H,91,107)(H,92,117)(H,93,108)(H,94,112)(H,95,111)(H,96,118)(H,102,103)(H,104,105)/t51-,52-,53-,54-,55-,56-,57-,58-,59-,60-,64-,65-,66-/m0/s1. The maximum absolute atomic E-state index is 14.9. The van der Waals surface area contributed by atoms with Crippen LogP contribution in [0.2, 0.25) is 0 Å². The number of aliphatic carboxylic acids is 2. The Kier molecular flexibility index (Phi) is 45.3. The van der Waals surface area contributed by atoms with Gasteiger partial charge in [0, 0.05) is 45.4 Å². The number of aliphatic hydroxyl groups is 1. The number of nitrogens with one attached hydrogen (secondary N) is 13. The number of amides is 15. The molecule has 0 saturated heterocycles. The number of hydrogen-bond acceptors (Lipinski definition) is 23. The number of phenolic OH excluding ortho intramolecular Hbond substituents is 2. The van der Waals surface area contributed by atoms with Gasteiger partial charge in [0.2, 0.25) is 88.6 Å². The van der Waals surface area contributed by atoms with Crippen LogP contribution in [-0.4, -0.2) is 236 Å². The quantitative estimate of drug-likeness (QED) is 0.0249. The van der Waals surface area contributed by atoms with E-state index in [1.54, 1.807) is 64.3 Å². The molecule has 40 heteroatoms. The van der Waals surface area contributed by atoms with E-state index in [9.17, 15) is 107 Å². The summed E-state index contributed by atoms with van der Waals surface area (Å²) < 4.78 is 0. The Balaban J connectivity index is 2.01. The number of carboxylic acids is 2. The van der Waals surface area contributed by atoms with Gasteiger partial charge < -0.3 is 118 Å². The van der Waals surface area contributed by atoms with Crippen LogP contribution in [0.5, 0.6) is 11.5 Å². The fraction of sp³-hybridized carbons (Fsp3) is 0.557. The molecule has 3 aromatic carbocycles. The van der Waals surface area contributed by atoms with Crippen molar-refractivity contribution in [3.8, 4) is 11.5 Å². The number of carbonyl (C=O) groups is 17. The zero-order chi connectivity index (χ0) is 89.2. The van der Waals surface area contributed by atoms with Gasteiger partial charge in [-0.1, -0.05) is 96.1 Å². The van der Waals surface area contributed by atoms with E-state index >= 15 is 0 Å². The SMILES string of the molecule is CSCC[C@H](NC(=O)[C@H](Cc1ccccc1)NC(=O)[C@H](CCCCN)NC(=O)[C@@H](NC(=O)[C@@H](NC(=O)[C@H](CCC(=O)O)NC(C)=O)C(C)C)C(C)C)C(=O)N[C@@H](CCC(=O)O)C(=O)N[C@H](C(=O)N[C@@H](Cc1ccc(O)cc1)C(=O)N[C@@H](CCC(N)=O)C(=O)N[C@@H](CCCCN)C(=O)N[C@@H](CO)C(=O)N[C@@H](Cc1ccc(O)cc1)C(N)=O)C(C)C. The topological polar surface area (TPSA) is 652 Å². The molecule has 0 aromatic heterocycles. The molecule has 0 spiro atoms. The Morgan fingerprint density at radius 3 is 0.983 bits per heavy atom. The number of carboxylic acid groups (broad SMARTS) is 2. The Hall–Kier alpha value is -11.5. The number of unbranched alkanes of at least 4 members (excludes halogenated alkanes) is 2. The van der Waals surface area contributed by atoms with Crippen molar-refractivity contribution in [3.05, 3.63) is 95.6 Å². The van der Waals surface area contributed by atoms with Gasteiger partial charge >= 0.3 is 11.9 Å². The fourth-order valence-corrected chi connectivity index (χ4v) is 12.6. The molecule has 0 unspecified atom stereocenters. The van der Waals surface area contributed by atoms with Gasteiger partial charge in [0.1, 0.15) is 90.0 Å². The largest absolute Gasteiger partial charge is 0.508 e. The van der Waals surface area contributed by atoms with Crippen molar-refractivity contribution in [1.29, 1.82) is 0 Å². The van der Waals surface area contributed by atoms with E-state index < -0.39 is 236 Å². The van der Waals surface area contributed by atoms with Crippen molar-refractivity contribution in [3.63, 3.8) is 0 Å². The summed E-state index contributed by atoms with van der Waals surface area (Å²) in [5, 5.41) is 82.5. The van der Waals surface area contributed by atoms with Crippen molar-refractivity contribution < 1.29 is 107 Å². The molecule has 0 saturated carbocycles. The minimum Gasteiger partial charge on any atom is -0.508 e. The third kappa shape index (κ3) is 37.7. The molecule has 13 atom stereocenters. The highest BCUT2D eigenvalue weighted by molar-refractivity contribution is 7.98. The molecule has 3 aromatic rings. The van der Waals surface area contributed by atoms with Crippen LogP contribution in [0.4, 0.5) is 0 Å². The van der Waals surface area contributed by atoms with Crippen molar-refractivity contribution >= 4 is 112 Å². The van der Waals surface area contributed by atoms with Crippen LogP contribution in [0.3, 0.4) is 0 Å². The van der Waals surface area contributed by atoms with Crippen LogP contribution in [-0.2, 0) is 101 Å². The summed E-state index contributed by atoms with van der Waals surface area (Å²) in [7, 11) is 0. The molecule has 0 aliphatic rings. The van der Waals surface area contributed by atoms with E-state index in [1.165, 1.54) is 74.1 Å². The first-order chi connectivity index (χ1) is 56.2. The predicted molar refractivity (Wildman–Crippen MR) is 436 cm³/mol. The van der Waals surface area contributed by atoms with E-state index in [0.717, 1.165) is 6.92 Å². The van der Waals surface area contributed by atoms with Gasteiger partial charge in [-0.3, -0.25) is 81.5 Å². The van der Waals surface area contributed by atoms with Gasteiger partial charge in [-0.05, 0) is 148 Å². The minimum absolute atomic E-state index is 0.0492.